The highest BCUT2D eigenvalue weighted by molar-refractivity contribution is 6.01. The van der Waals surface area contributed by atoms with E-state index in [4.69, 9.17) is 10.9 Å². The van der Waals surface area contributed by atoms with E-state index in [-0.39, 0.29) is 11.3 Å². The van der Waals surface area contributed by atoms with Crippen LogP contribution in [0.2, 0.25) is 0 Å². The van der Waals surface area contributed by atoms with Crippen molar-refractivity contribution in [2.24, 2.45) is 5.92 Å². The van der Waals surface area contributed by atoms with Crippen LogP contribution in [-0.4, -0.2) is 34.3 Å². The highest BCUT2D eigenvalue weighted by Gasteiger charge is 2.26. The lowest BCUT2D eigenvalue weighted by molar-refractivity contribution is -0.133. The minimum atomic E-state index is -1.31. The molecule has 0 saturated heterocycles. The summed E-state index contributed by atoms with van der Waals surface area (Å²) in [4.78, 5) is 23.7. The first-order chi connectivity index (χ1) is 11.9. The Hall–Kier alpha value is -3.00. The van der Waals surface area contributed by atoms with Crippen molar-refractivity contribution in [1.82, 2.24) is 10.8 Å². The molecule has 0 radical (unpaired) electrons. The van der Waals surface area contributed by atoms with E-state index in [1.807, 2.05) is 0 Å². The maximum atomic E-state index is 12.2. The van der Waals surface area contributed by atoms with Crippen molar-refractivity contribution < 1.29 is 19.9 Å². The average Bonchev–Trinajstić information content (AvgIpc) is 3.39. The van der Waals surface area contributed by atoms with Crippen molar-refractivity contribution in [2.75, 3.05) is 5.73 Å². The van der Waals surface area contributed by atoms with Gasteiger partial charge in [0.05, 0.1) is 11.7 Å². The zero-order valence-corrected chi connectivity index (χ0v) is 13.7. The van der Waals surface area contributed by atoms with Crippen molar-refractivity contribution in [3.05, 3.63) is 29.3 Å². The Balaban J connectivity index is 2.09. The fraction of sp³-hybridized carbons (Fsp3) is 0.333. The lowest BCUT2D eigenvalue weighted by atomic mass is 10.1. The van der Waals surface area contributed by atoms with Crippen LogP contribution in [-0.2, 0) is 4.79 Å². The van der Waals surface area contributed by atoms with Crippen molar-refractivity contribution >= 4 is 17.5 Å². The van der Waals surface area contributed by atoms with Crippen LogP contribution in [0.1, 0.15) is 35.7 Å². The fourth-order valence-corrected chi connectivity index (χ4v) is 2.01. The number of amides is 2. The van der Waals surface area contributed by atoms with Gasteiger partial charge in [0.2, 0.25) is 0 Å². The summed E-state index contributed by atoms with van der Waals surface area (Å²) in [7, 11) is 0. The minimum Gasteiger partial charge on any atom is -0.398 e. The third kappa shape index (κ3) is 5.25. The van der Waals surface area contributed by atoms with Crippen molar-refractivity contribution in [3.8, 4) is 23.7 Å². The number of hydroxylamine groups is 1. The molecule has 1 aromatic rings. The molecule has 1 aliphatic carbocycles. The molecule has 25 heavy (non-hydrogen) atoms. The number of aliphatic hydroxyl groups is 1. The molecule has 1 aliphatic rings. The number of carbonyl (C=O) groups excluding carboxylic acids is 2. The number of carbonyl (C=O) groups is 2. The smallest absolute Gasteiger partial charge is 0.268 e. The molecule has 0 spiro atoms. The molecule has 6 N–H and O–H groups in total. The summed E-state index contributed by atoms with van der Waals surface area (Å²) in [6.45, 7) is 1.31. The molecular formula is C18H19N3O4. The number of hydrogen-bond acceptors (Lipinski definition) is 5. The van der Waals surface area contributed by atoms with Gasteiger partial charge in [-0.15, -0.1) is 0 Å². The number of rotatable bonds is 4. The van der Waals surface area contributed by atoms with E-state index in [0.717, 1.165) is 12.8 Å². The Kier molecular flexibility index (Phi) is 6.02. The predicted octanol–water partition coefficient (Wildman–Crippen LogP) is 0.0183. The topological polar surface area (TPSA) is 125 Å². The maximum absolute atomic E-state index is 12.2. The lowest BCUT2D eigenvalue weighted by Crippen LogP contribution is -2.51. The van der Waals surface area contributed by atoms with Gasteiger partial charge in [0.25, 0.3) is 11.8 Å². The van der Waals surface area contributed by atoms with Gasteiger partial charge in [0.1, 0.15) is 6.04 Å². The summed E-state index contributed by atoms with van der Waals surface area (Å²) in [6.07, 6.45) is 1.06. The Morgan fingerprint density at radius 3 is 2.60 bits per heavy atom. The van der Waals surface area contributed by atoms with Gasteiger partial charge in [-0.05, 0) is 49.8 Å². The number of hydrogen-bond donors (Lipinski definition) is 5. The van der Waals surface area contributed by atoms with Gasteiger partial charge < -0.3 is 16.2 Å². The number of nitrogen functional groups attached to an aromatic ring is 1. The number of benzene rings is 1. The number of aliphatic hydroxyl groups excluding tert-OH is 1. The van der Waals surface area contributed by atoms with Gasteiger partial charge >= 0.3 is 0 Å². The number of nitrogens with one attached hydrogen (secondary N) is 2. The number of anilines is 1. The van der Waals surface area contributed by atoms with Crippen molar-refractivity contribution in [2.45, 2.75) is 31.9 Å². The van der Waals surface area contributed by atoms with Gasteiger partial charge in [-0.25, -0.2) is 5.48 Å². The average molecular weight is 341 g/mol. The standard InChI is InChI=1S/C18H19N3O4/c1-11(22)16(18(24)21-25)20-17(23)14-9-8-13(10-15(14)19)5-3-2-4-12-6-7-12/h8-12,16,22,25H,6-7,19H2,1H3,(H,20,23)(H,21,24)/t11-,16+/m1/s1. The van der Waals surface area contributed by atoms with Crippen molar-refractivity contribution in [3.63, 3.8) is 0 Å². The van der Waals surface area contributed by atoms with E-state index in [1.165, 1.54) is 24.5 Å². The van der Waals surface area contributed by atoms with E-state index in [2.05, 4.69) is 29.0 Å². The molecule has 1 saturated carbocycles. The SMILES string of the molecule is C[C@@H](O)[C@H](NC(=O)c1ccc(C#CC#CC2CC2)cc1N)C(=O)NO. The Bertz CT molecular complexity index is 792. The Labute approximate surface area is 145 Å². The van der Waals surface area contributed by atoms with Crippen LogP contribution in [0, 0.1) is 29.6 Å². The first kappa shape index (κ1) is 18.3. The van der Waals surface area contributed by atoms with E-state index >= 15 is 0 Å². The lowest BCUT2D eigenvalue weighted by Gasteiger charge is -2.19. The van der Waals surface area contributed by atoms with E-state index < -0.39 is 24.0 Å². The molecule has 0 aromatic heterocycles. The highest BCUT2D eigenvalue weighted by Crippen LogP contribution is 2.27. The first-order valence-electron chi connectivity index (χ1n) is 7.76. The van der Waals surface area contributed by atoms with Crippen LogP contribution in [0.15, 0.2) is 18.2 Å². The van der Waals surface area contributed by atoms with E-state index in [1.54, 1.807) is 6.07 Å². The zero-order chi connectivity index (χ0) is 18.4. The van der Waals surface area contributed by atoms with E-state index in [0.29, 0.717) is 11.5 Å². The second-order valence-electron chi connectivity index (χ2n) is 5.76. The third-order valence-electron chi connectivity index (χ3n) is 3.58. The van der Waals surface area contributed by atoms with Crippen LogP contribution in [0.25, 0.3) is 0 Å². The summed E-state index contributed by atoms with van der Waals surface area (Å²) < 4.78 is 0. The van der Waals surface area contributed by atoms with Crippen LogP contribution >= 0.6 is 0 Å². The quantitative estimate of drug-likeness (QED) is 0.228. The molecule has 2 rings (SSSR count). The van der Waals surface area contributed by atoms with Crippen molar-refractivity contribution in [1.29, 1.82) is 0 Å². The van der Waals surface area contributed by atoms with Crippen LogP contribution in [0.3, 0.4) is 0 Å². The second-order valence-corrected chi connectivity index (χ2v) is 5.76. The molecule has 1 fully saturated rings. The maximum Gasteiger partial charge on any atom is 0.268 e. The molecule has 0 unspecified atom stereocenters. The largest absolute Gasteiger partial charge is 0.398 e. The van der Waals surface area contributed by atoms with Crippen LogP contribution in [0.4, 0.5) is 5.69 Å². The Morgan fingerprint density at radius 2 is 2.04 bits per heavy atom. The van der Waals surface area contributed by atoms with Gasteiger partial charge in [-0.1, -0.05) is 11.8 Å². The van der Waals surface area contributed by atoms with Gasteiger partial charge in [0.15, 0.2) is 0 Å². The van der Waals surface area contributed by atoms with Crippen LogP contribution in [0.5, 0.6) is 0 Å². The molecule has 130 valence electrons. The molecule has 0 aliphatic heterocycles. The summed E-state index contributed by atoms with van der Waals surface area (Å²) >= 11 is 0. The molecule has 2 atom stereocenters. The molecule has 7 heteroatoms. The molecule has 0 heterocycles. The third-order valence-corrected chi connectivity index (χ3v) is 3.58. The molecule has 2 amide bonds. The predicted molar refractivity (Wildman–Crippen MR) is 91.1 cm³/mol. The highest BCUT2D eigenvalue weighted by atomic mass is 16.5. The van der Waals surface area contributed by atoms with Gasteiger partial charge in [-0.3, -0.25) is 14.8 Å². The molecule has 7 nitrogen and oxygen atoms in total. The fourth-order valence-electron chi connectivity index (χ4n) is 2.01. The summed E-state index contributed by atoms with van der Waals surface area (Å²) in [5.41, 5.74) is 8.18. The second kappa shape index (κ2) is 8.20. The van der Waals surface area contributed by atoms with Crippen LogP contribution < -0.4 is 16.5 Å². The molecule has 0 bridgehead atoms. The summed E-state index contributed by atoms with van der Waals surface area (Å²) in [5, 5.41) is 20.5. The first-order valence-corrected chi connectivity index (χ1v) is 7.76. The molecular weight excluding hydrogens is 322 g/mol. The van der Waals surface area contributed by atoms with Gasteiger partial charge in [-0.2, -0.15) is 0 Å². The van der Waals surface area contributed by atoms with E-state index in [9.17, 15) is 14.7 Å². The number of nitrogens with two attached hydrogens (primary N) is 1. The zero-order valence-electron chi connectivity index (χ0n) is 13.7. The Morgan fingerprint density at radius 1 is 1.32 bits per heavy atom. The normalized spacial score (nSPS) is 14.8. The summed E-state index contributed by atoms with van der Waals surface area (Å²) in [5.74, 6) is 10.3. The molecule has 1 aromatic carbocycles. The monoisotopic (exact) mass is 341 g/mol. The van der Waals surface area contributed by atoms with Gasteiger partial charge in [0, 0.05) is 17.2 Å². The summed E-state index contributed by atoms with van der Waals surface area (Å²) in [6, 6.07) is 3.30. The minimum absolute atomic E-state index is 0.131.